The lowest BCUT2D eigenvalue weighted by Gasteiger charge is -2.35. The number of carbonyl (C=O) groups excluding carboxylic acids is 1. The Morgan fingerprint density at radius 2 is 2.00 bits per heavy atom. The van der Waals surface area contributed by atoms with Gasteiger partial charge in [-0.3, -0.25) is 4.79 Å². The molecule has 0 aliphatic carbocycles. The maximum Gasteiger partial charge on any atom is 0.254 e. The van der Waals surface area contributed by atoms with Gasteiger partial charge in [0.05, 0.1) is 0 Å². The molecule has 1 aliphatic heterocycles. The van der Waals surface area contributed by atoms with Crippen molar-refractivity contribution in [3.63, 3.8) is 0 Å². The van der Waals surface area contributed by atoms with Crippen molar-refractivity contribution >= 4 is 5.91 Å². The van der Waals surface area contributed by atoms with Gasteiger partial charge in [-0.25, -0.2) is 0 Å². The number of likely N-dealkylation sites (tertiary alicyclic amines) is 1. The highest BCUT2D eigenvalue weighted by Gasteiger charge is 2.33. The Kier molecular flexibility index (Phi) is 4.11. The van der Waals surface area contributed by atoms with Gasteiger partial charge in [-0.2, -0.15) is 0 Å². The Morgan fingerprint density at radius 3 is 2.40 bits per heavy atom. The first-order chi connectivity index (χ1) is 7.01. The van der Waals surface area contributed by atoms with Gasteiger partial charge in [-0.1, -0.05) is 0 Å². The summed E-state index contributed by atoms with van der Waals surface area (Å²) >= 11 is 0. The molecule has 1 saturated heterocycles. The molecule has 0 bridgehead atoms. The first-order valence-corrected chi connectivity index (χ1v) is 5.46. The van der Waals surface area contributed by atoms with Crippen LogP contribution in [0, 0.1) is 5.92 Å². The third kappa shape index (κ3) is 2.92. The molecule has 0 aromatic heterocycles. The van der Waals surface area contributed by atoms with Crippen molar-refractivity contribution in [3.05, 3.63) is 0 Å². The molecule has 1 aliphatic rings. The van der Waals surface area contributed by atoms with E-state index in [1.807, 2.05) is 4.90 Å². The zero-order chi connectivity index (χ0) is 11.5. The van der Waals surface area contributed by atoms with Crippen molar-refractivity contribution < 1.29 is 14.6 Å². The second-order valence-electron chi connectivity index (χ2n) is 4.63. The summed E-state index contributed by atoms with van der Waals surface area (Å²) in [6.07, 6.45) is 1.78. The van der Waals surface area contributed by atoms with Gasteiger partial charge in [-0.15, -0.1) is 0 Å². The highest BCUT2D eigenvalue weighted by atomic mass is 16.5. The van der Waals surface area contributed by atoms with Gasteiger partial charge in [0, 0.05) is 26.8 Å². The summed E-state index contributed by atoms with van der Waals surface area (Å²) < 4.78 is 5.17. The maximum atomic E-state index is 12.0. The first-order valence-electron chi connectivity index (χ1n) is 5.46. The molecule has 0 radical (unpaired) electrons. The van der Waals surface area contributed by atoms with Crippen LogP contribution in [0.1, 0.15) is 26.7 Å². The van der Waals surface area contributed by atoms with Crippen LogP contribution in [0.25, 0.3) is 0 Å². The summed E-state index contributed by atoms with van der Waals surface area (Å²) in [6, 6.07) is 0. The minimum Gasteiger partial charge on any atom is -0.396 e. The molecule has 1 rings (SSSR count). The lowest BCUT2D eigenvalue weighted by Crippen LogP contribution is -2.49. The number of aliphatic hydroxyl groups excluding tert-OH is 1. The average Bonchev–Trinajstić information content (AvgIpc) is 2.28. The number of rotatable bonds is 3. The molecule has 88 valence electrons. The van der Waals surface area contributed by atoms with Gasteiger partial charge in [0.2, 0.25) is 0 Å². The van der Waals surface area contributed by atoms with Gasteiger partial charge in [0.1, 0.15) is 5.60 Å². The zero-order valence-electron chi connectivity index (χ0n) is 9.82. The summed E-state index contributed by atoms with van der Waals surface area (Å²) in [5.74, 6) is 0.404. The minimum absolute atomic E-state index is 0.0430. The Balaban J connectivity index is 2.50. The summed E-state index contributed by atoms with van der Waals surface area (Å²) in [7, 11) is 1.55. The quantitative estimate of drug-likeness (QED) is 0.751. The van der Waals surface area contributed by atoms with Gasteiger partial charge < -0.3 is 14.7 Å². The van der Waals surface area contributed by atoms with Crippen molar-refractivity contribution in [3.8, 4) is 0 Å². The topological polar surface area (TPSA) is 49.8 Å². The number of amides is 1. The molecule has 0 saturated carbocycles. The van der Waals surface area contributed by atoms with Gasteiger partial charge in [-0.05, 0) is 32.6 Å². The van der Waals surface area contributed by atoms with E-state index in [-0.39, 0.29) is 12.5 Å². The van der Waals surface area contributed by atoms with Gasteiger partial charge >= 0.3 is 0 Å². The Labute approximate surface area is 91.2 Å². The summed E-state index contributed by atoms with van der Waals surface area (Å²) in [6.45, 7) is 5.27. The van der Waals surface area contributed by atoms with Crippen LogP contribution in [0.2, 0.25) is 0 Å². The van der Waals surface area contributed by atoms with Crippen molar-refractivity contribution in [1.82, 2.24) is 4.90 Å². The molecule has 0 unspecified atom stereocenters. The molecule has 0 aromatic rings. The van der Waals surface area contributed by atoms with Crippen LogP contribution < -0.4 is 0 Å². The van der Waals surface area contributed by atoms with Crippen molar-refractivity contribution in [2.24, 2.45) is 5.92 Å². The van der Waals surface area contributed by atoms with Crippen LogP contribution >= 0.6 is 0 Å². The number of hydrogen-bond acceptors (Lipinski definition) is 3. The lowest BCUT2D eigenvalue weighted by molar-refractivity contribution is -0.152. The Morgan fingerprint density at radius 1 is 1.47 bits per heavy atom. The summed E-state index contributed by atoms with van der Waals surface area (Å²) in [5, 5.41) is 8.99. The molecule has 0 atom stereocenters. The van der Waals surface area contributed by atoms with E-state index in [2.05, 4.69) is 0 Å². The predicted octanol–water partition coefficient (Wildman–Crippen LogP) is 0.642. The fraction of sp³-hybridized carbons (Fsp3) is 0.909. The molecule has 0 spiro atoms. The monoisotopic (exact) mass is 215 g/mol. The number of nitrogens with zero attached hydrogens (tertiary/aromatic N) is 1. The molecule has 0 aromatic carbocycles. The van der Waals surface area contributed by atoms with E-state index in [1.54, 1.807) is 21.0 Å². The van der Waals surface area contributed by atoms with E-state index in [0.29, 0.717) is 5.92 Å². The van der Waals surface area contributed by atoms with Crippen molar-refractivity contribution in [2.45, 2.75) is 32.3 Å². The van der Waals surface area contributed by atoms with E-state index < -0.39 is 5.60 Å². The van der Waals surface area contributed by atoms with Crippen LogP contribution in [0.3, 0.4) is 0 Å². The van der Waals surface area contributed by atoms with Crippen LogP contribution in [-0.2, 0) is 9.53 Å². The van der Waals surface area contributed by atoms with E-state index >= 15 is 0 Å². The van der Waals surface area contributed by atoms with Crippen LogP contribution in [0.5, 0.6) is 0 Å². The number of hydrogen-bond donors (Lipinski definition) is 1. The number of methoxy groups -OCH3 is 1. The molecule has 4 nitrogen and oxygen atoms in total. The smallest absolute Gasteiger partial charge is 0.254 e. The first kappa shape index (κ1) is 12.5. The van der Waals surface area contributed by atoms with Gasteiger partial charge in [0.15, 0.2) is 0 Å². The van der Waals surface area contributed by atoms with E-state index in [1.165, 1.54) is 0 Å². The summed E-state index contributed by atoms with van der Waals surface area (Å²) in [4.78, 5) is 13.8. The highest BCUT2D eigenvalue weighted by molar-refractivity contribution is 5.84. The second-order valence-corrected chi connectivity index (χ2v) is 4.63. The van der Waals surface area contributed by atoms with E-state index in [9.17, 15) is 4.79 Å². The average molecular weight is 215 g/mol. The third-order valence-electron chi connectivity index (χ3n) is 3.19. The SMILES string of the molecule is COC(C)(C)C(=O)N1CCC(CO)CC1. The van der Waals surface area contributed by atoms with Crippen LogP contribution in [0.15, 0.2) is 0 Å². The van der Waals surface area contributed by atoms with Crippen molar-refractivity contribution in [1.29, 1.82) is 0 Å². The molecule has 1 fully saturated rings. The minimum atomic E-state index is -0.730. The van der Waals surface area contributed by atoms with Crippen LogP contribution in [-0.4, -0.2) is 48.3 Å². The lowest BCUT2D eigenvalue weighted by atomic mass is 9.96. The van der Waals surface area contributed by atoms with Crippen molar-refractivity contribution in [2.75, 3.05) is 26.8 Å². The third-order valence-corrected chi connectivity index (χ3v) is 3.19. The number of aliphatic hydroxyl groups is 1. The molecule has 1 N–H and O–H groups in total. The fourth-order valence-corrected chi connectivity index (χ4v) is 1.79. The molecular formula is C11H21NO3. The maximum absolute atomic E-state index is 12.0. The molecular weight excluding hydrogens is 194 g/mol. The number of ether oxygens (including phenoxy) is 1. The van der Waals surface area contributed by atoms with Gasteiger partial charge in [0.25, 0.3) is 5.91 Å². The van der Waals surface area contributed by atoms with E-state index in [0.717, 1.165) is 25.9 Å². The normalized spacial score (nSPS) is 19.3. The molecule has 1 heterocycles. The number of piperidine rings is 1. The number of carbonyl (C=O) groups is 1. The standard InChI is InChI=1S/C11H21NO3/c1-11(2,15-3)10(14)12-6-4-9(8-13)5-7-12/h9,13H,4-8H2,1-3H3. The Hall–Kier alpha value is -0.610. The predicted molar refractivity (Wildman–Crippen MR) is 57.5 cm³/mol. The van der Waals surface area contributed by atoms with Crippen LogP contribution in [0.4, 0.5) is 0 Å². The molecule has 15 heavy (non-hydrogen) atoms. The molecule has 4 heteroatoms. The van der Waals surface area contributed by atoms with E-state index in [4.69, 9.17) is 9.84 Å². The fourth-order valence-electron chi connectivity index (χ4n) is 1.79. The largest absolute Gasteiger partial charge is 0.396 e. The zero-order valence-corrected chi connectivity index (χ0v) is 9.82. The highest BCUT2D eigenvalue weighted by Crippen LogP contribution is 2.20. The Bertz CT molecular complexity index is 220. The summed E-state index contributed by atoms with van der Waals surface area (Å²) in [5.41, 5.74) is -0.730. The second kappa shape index (κ2) is 4.94. The molecule has 1 amide bonds.